The van der Waals surface area contributed by atoms with Crippen LogP contribution in [0, 0.1) is 0 Å². The molecule has 2 amide bonds. The minimum absolute atomic E-state index is 0.724. The maximum absolute atomic E-state index is 12.2. The summed E-state index contributed by atoms with van der Waals surface area (Å²) in [6.45, 7) is 2.45. The Bertz CT molecular complexity index is 709. The van der Waals surface area contributed by atoms with Gasteiger partial charge in [-0.1, -0.05) is 0 Å². The van der Waals surface area contributed by atoms with Gasteiger partial charge in [0.2, 0.25) is 11.8 Å². The third-order valence-corrected chi connectivity index (χ3v) is 5.67. The van der Waals surface area contributed by atoms with E-state index in [-0.39, 0.29) is 0 Å². The van der Waals surface area contributed by atoms with E-state index in [0.29, 0.717) is 0 Å². The van der Waals surface area contributed by atoms with E-state index in [9.17, 15) is 28.9 Å². The molecule has 0 aliphatic carbocycles. The van der Waals surface area contributed by atoms with Crippen LogP contribution in [0.2, 0.25) is 0 Å². The van der Waals surface area contributed by atoms with Crippen LogP contribution >= 0.6 is 15.4 Å². The Kier molecular flexibility index (Phi) is 9.54. The molecule has 1 aliphatic rings. The number of hydrogen-bond acceptors (Lipinski definition) is 9. The molecule has 1 heterocycles. The van der Waals surface area contributed by atoms with Gasteiger partial charge in [0.1, 0.15) is 36.2 Å². The van der Waals surface area contributed by atoms with E-state index in [1.54, 1.807) is 0 Å². The number of amides is 2. The van der Waals surface area contributed by atoms with Crippen LogP contribution in [-0.2, 0) is 32.7 Å². The molecule has 0 radical (unpaired) electrons. The molecule has 1 rings (SSSR count). The van der Waals surface area contributed by atoms with E-state index in [4.69, 9.17) is 29.0 Å². The van der Waals surface area contributed by atoms with Crippen molar-refractivity contribution in [1.29, 1.82) is 0 Å². The maximum atomic E-state index is 12.2. The summed E-state index contributed by atoms with van der Waals surface area (Å²) in [5, 5.41) is 24.0. The Morgan fingerprint density at radius 1 is 1.17 bits per heavy atom. The summed E-state index contributed by atoms with van der Waals surface area (Å²) >= 11 is 0. The zero-order chi connectivity index (χ0) is 23.4. The monoisotopic (exact) mass is 480 g/mol. The van der Waals surface area contributed by atoms with Crippen LogP contribution < -0.4 is 10.6 Å². The van der Waals surface area contributed by atoms with Gasteiger partial charge in [0.25, 0.3) is 0 Å². The van der Waals surface area contributed by atoms with Crippen molar-refractivity contribution in [1.82, 2.24) is 10.6 Å². The topological polar surface area (TPSA) is 241 Å². The number of phosphoric acid groups is 1. The first-order chi connectivity index (χ1) is 13.6. The lowest BCUT2D eigenvalue weighted by Gasteiger charge is -2.44. The predicted molar refractivity (Wildman–Crippen MR) is 96.5 cm³/mol. The lowest BCUT2D eigenvalue weighted by Crippen LogP contribution is -2.66. The summed E-state index contributed by atoms with van der Waals surface area (Å²) in [6.07, 6.45) is -8.03. The van der Waals surface area contributed by atoms with E-state index in [1.165, 1.54) is 6.92 Å². The average molecular weight is 480 g/mol. The van der Waals surface area contributed by atoms with Gasteiger partial charge in [0.05, 0.1) is 6.61 Å². The summed E-state index contributed by atoms with van der Waals surface area (Å²) in [6, 6.07) is -1.53. The molecule has 0 aromatic carbocycles. The van der Waals surface area contributed by atoms with Crippen molar-refractivity contribution in [3.8, 4) is 0 Å². The highest BCUT2D eigenvalue weighted by Crippen LogP contribution is 2.41. The molecular formula is C13H26N2O13P2. The number of ether oxygens (including phenoxy) is 2. The zero-order valence-electron chi connectivity index (χ0n) is 16.2. The first-order valence-corrected chi connectivity index (χ1v) is 11.7. The molecule has 0 saturated carbocycles. The highest BCUT2D eigenvalue weighted by molar-refractivity contribution is 7.52. The Morgan fingerprint density at radius 3 is 2.17 bits per heavy atom. The van der Waals surface area contributed by atoms with Gasteiger partial charge in [-0.2, -0.15) is 0 Å². The Balaban J connectivity index is 3.11. The number of hydrogen-bond donors (Lipinski definition) is 8. The maximum Gasteiger partial charge on any atom is 0.472 e. The fourth-order valence-corrected chi connectivity index (χ4v) is 3.29. The lowest BCUT2D eigenvalue weighted by atomic mass is 9.96. The molecule has 1 saturated heterocycles. The van der Waals surface area contributed by atoms with Crippen molar-refractivity contribution in [2.45, 2.75) is 63.3 Å². The Hall–Kier alpha value is -0.960. The van der Waals surface area contributed by atoms with E-state index in [1.807, 2.05) is 5.32 Å². The molecule has 176 valence electrons. The second-order valence-electron chi connectivity index (χ2n) is 6.55. The second kappa shape index (κ2) is 10.6. The van der Waals surface area contributed by atoms with Crippen molar-refractivity contribution in [3.63, 3.8) is 0 Å². The quantitative estimate of drug-likeness (QED) is 0.155. The molecule has 7 atom stereocenters. The average Bonchev–Trinajstić information content (AvgIpc) is 2.57. The minimum atomic E-state index is -5.15. The molecule has 0 aromatic heterocycles. The molecule has 1 fully saturated rings. The fraction of sp³-hybridized carbons (Fsp3) is 0.846. The molecule has 0 aromatic rings. The number of aliphatic hydroxyl groups excluding tert-OH is 2. The van der Waals surface area contributed by atoms with E-state index in [2.05, 4.69) is 9.84 Å². The van der Waals surface area contributed by atoms with Crippen LogP contribution in [0.1, 0.15) is 20.8 Å². The van der Waals surface area contributed by atoms with Gasteiger partial charge in [-0.25, -0.2) is 4.57 Å². The van der Waals surface area contributed by atoms with Crippen molar-refractivity contribution < 1.29 is 62.5 Å². The Morgan fingerprint density at radius 2 is 1.73 bits per heavy atom. The predicted octanol–water partition coefficient (Wildman–Crippen LogP) is -2.91. The van der Waals surface area contributed by atoms with Crippen molar-refractivity contribution in [2.75, 3.05) is 6.61 Å². The molecule has 0 bridgehead atoms. The van der Waals surface area contributed by atoms with Gasteiger partial charge in [0.15, 0.2) is 6.29 Å². The molecule has 0 unspecified atom stereocenters. The largest absolute Gasteiger partial charge is 0.472 e. The van der Waals surface area contributed by atoms with Gasteiger partial charge >= 0.3 is 15.4 Å². The molecule has 1 aliphatic heterocycles. The fourth-order valence-electron chi connectivity index (χ4n) is 2.55. The van der Waals surface area contributed by atoms with Gasteiger partial charge in [-0.15, -0.1) is 0 Å². The van der Waals surface area contributed by atoms with Crippen molar-refractivity contribution in [2.24, 2.45) is 0 Å². The molecule has 17 heteroatoms. The zero-order valence-corrected chi connectivity index (χ0v) is 18.0. The van der Waals surface area contributed by atoms with Crippen molar-refractivity contribution >= 4 is 27.2 Å². The third-order valence-electron chi connectivity index (χ3n) is 4.05. The van der Waals surface area contributed by atoms with Crippen LogP contribution in [0.4, 0.5) is 0 Å². The lowest BCUT2D eigenvalue weighted by molar-refractivity contribution is -0.261. The van der Waals surface area contributed by atoms with Crippen molar-refractivity contribution in [3.05, 3.63) is 0 Å². The summed E-state index contributed by atoms with van der Waals surface area (Å²) in [5.74, 6) is -3.25. The summed E-state index contributed by atoms with van der Waals surface area (Å²) in [7, 11) is -9.79. The number of phosphoric ester groups is 1. The molecule has 0 spiro atoms. The highest BCUT2D eigenvalue weighted by Gasteiger charge is 2.49. The third kappa shape index (κ3) is 7.94. The highest BCUT2D eigenvalue weighted by atomic mass is 31.2. The van der Waals surface area contributed by atoms with Gasteiger partial charge in [0, 0.05) is 6.92 Å². The number of carbonyl (C=O) groups is 2. The summed E-state index contributed by atoms with van der Waals surface area (Å²) < 4.78 is 37.4. The first kappa shape index (κ1) is 27.1. The summed E-state index contributed by atoms with van der Waals surface area (Å²) in [4.78, 5) is 60.0. The second-order valence-corrected chi connectivity index (χ2v) is 9.70. The van der Waals surface area contributed by atoms with Crippen LogP contribution in [0.25, 0.3) is 0 Å². The van der Waals surface area contributed by atoms with Crippen LogP contribution in [0.5, 0.6) is 0 Å². The number of nitrogens with one attached hydrogen (secondary N) is 2. The smallest absolute Gasteiger partial charge is 0.394 e. The molecular weight excluding hydrogens is 454 g/mol. The van der Waals surface area contributed by atoms with Gasteiger partial charge in [-0.3, -0.25) is 18.7 Å². The van der Waals surface area contributed by atoms with E-state index in [0.717, 1.165) is 13.8 Å². The van der Waals surface area contributed by atoms with E-state index >= 15 is 0 Å². The van der Waals surface area contributed by atoms with Gasteiger partial charge < -0.3 is 49.9 Å². The minimum Gasteiger partial charge on any atom is -0.394 e. The summed E-state index contributed by atoms with van der Waals surface area (Å²) in [5.41, 5.74) is 0. The van der Waals surface area contributed by atoms with Gasteiger partial charge in [-0.05, 0) is 13.8 Å². The SMILES string of the molecule is CC(=O)N[C@H]1[C@@H](OP(=O)(O)O)O[C@H](CO)[C@@H](O)[C@@H]1O[C@H](C)C(=O)N[C@@H](C)P(=O)(O)O. The number of aliphatic hydroxyl groups is 2. The molecule has 30 heavy (non-hydrogen) atoms. The molecule has 15 nitrogen and oxygen atoms in total. The number of carbonyl (C=O) groups excluding carboxylic acids is 2. The van der Waals surface area contributed by atoms with Crippen LogP contribution in [-0.4, -0.2) is 90.7 Å². The standard InChI is InChI=1S/C13H26N2O13P2/c1-5(12(19)15-7(3)29(20,21)22)26-11-9(14-6(2)17)13(28-30(23,24)25)27-8(4-16)10(11)18/h5,7-11,13,16,18H,4H2,1-3H3,(H,14,17)(H,15,19)(H2,20,21,22)(H2,23,24,25)/t5-,7-,8-,9-,10-,11-,13-/m1/s1. The molecule has 8 N–H and O–H groups in total. The first-order valence-electron chi connectivity index (χ1n) is 8.53. The van der Waals surface area contributed by atoms with Crippen LogP contribution in [0.3, 0.4) is 0 Å². The van der Waals surface area contributed by atoms with Crippen LogP contribution in [0.15, 0.2) is 0 Å². The van der Waals surface area contributed by atoms with E-state index < -0.39 is 76.4 Å². The Labute approximate surface area is 171 Å². The number of rotatable bonds is 9. The normalized spacial score (nSPS) is 29.7.